The van der Waals surface area contributed by atoms with Crippen LogP contribution in [0.5, 0.6) is 0 Å². The highest BCUT2D eigenvalue weighted by Crippen LogP contribution is 2.66. The van der Waals surface area contributed by atoms with Crippen molar-refractivity contribution in [2.75, 3.05) is 46.2 Å². The molecule has 10 aliphatic rings. The predicted molar refractivity (Wildman–Crippen MR) is 312 cm³/mol. The Morgan fingerprint density at radius 3 is 1.65 bits per heavy atom. The van der Waals surface area contributed by atoms with Gasteiger partial charge in [-0.25, -0.2) is 0 Å². The molecule has 0 radical (unpaired) electrons. The van der Waals surface area contributed by atoms with Crippen LogP contribution in [0.3, 0.4) is 0 Å². The summed E-state index contributed by atoms with van der Waals surface area (Å²) < 4.78 is 70.4. The lowest BCUT2D eigenvalue weighted by molar-refractivity contribution is -0.409. The number of allylic oxidation sites excluding steroid dienone is 3. The van der Waals surface area contributed by atoms with Crippen molar-refractivity contribution in [3.05, 3.63) is 22.8 Å². The summed E-state index contributed by atoms with van der Waals surface area (Å²) in [6.45, 7) is 2.48. The van der Waals surface area contributed by atoms with Gasteiger partial charge in [0.1, 0.15) is 140 Å². The lowest BCUT2D eigenvalue weighted by Gasteiger charge is -2.58. The van der Waals surface area contributed by atoms with Crippen molar-refractivity contribution in [1.29, 1.82) is 0 Å². The summed E-state index contributed by atoms with van der Waals surface area (Å²) in [6.07, 6.45) is -51.0. The second-order valence-electron chi connectivity index (χ2n) is 28.1. The normalized spacial score (nSPS) is 50.8. The quantitative estimate of drug-likeness (QED) is 0.0354. The van der Waals surface area contributed by atoms with E-state index < -0.39 is 241 Å². The molecule has 550 valence electrons. The molecule has 0 bridgehead atoms. The third-order valence-electron chi connectivity index (χ3n) is 22.0. The fourth-order valence-corrected chi connectivity index (χ4v) is 16.3. The smallest absolute Gasteiger partial charge is 0.187 e. The number of aliphatic hydroxyl groups excluding tert-OH is 20. The van der Waals surface area contributed by atoms with E-state index in [0.29, 0.717) is 36.8 Å². The van der Waals surface area contributed by atoms with E-state index in [4.69, 9.17) is 56.8 Å². The fourth-order valence-electron chi connectivity index (χ4n) is 16.3. The summed E-state index contributed by atoms with van der Waals surface area (Å²) in [5, 5.41) is 216. The Hall–Kier alpha value is -2.46. The number of fused-ring (bicyclic) bond motifs is 5. The summed E-state index contributed by atoms with van der Waals surface area (Å²) in [5.41, 5.74) is 0.627. The maximum Gasteiger partial charge on any atom is 0.187 e. The van der Waals surface area contributed by atoms with Crippen molar-refractivity contribution < 1.29 is 169 Å². The van der Waals surface area contributed by atoms with E-state index >= 15 is 0 Å². The Bertz CT molecular complexity index is 2670. The van der Waals surface area contributed by atoms with Crippen LogP contribution in [-0.4, -0.2) is 350 Å². The van der Waals surface area contributed by atoms with Crippen LogP contribution >= 0.6 is 0 Å². The lowest BCUT2D eigenvalue weighted by Crippen LogP contribution is -2.69. The topological polar surface area (TPSA) is 550 Å². The summed E-state index contributed by atoms with van der Waals surface area (Å²) in [6, 6.07) is 0. The first-order valence-electron chi connectivity index (χ1n) is 33.0. The highest BCUT2D eigenvalue weighted by atomic mass is 16.8. The van der Waals surface area contributed by atoms with Crippen LogP contribution in [0.2, 0.25) is 0 Å². The van der Waals surface area contributed by atoms with Gasteiger partial charge in [0.15, 0.2) is 49.3 Å². The SMILES string of the molecule is C/C(C(=O)CC[C@@H](C)CO[C@@H]1O[C@H](CO)[C@@H](O)[C@H](O)[C@H]1O)=C1\C(=O)C[C@H]2[C@@H]3CC=C4C[C@@H](O[C@@H]5O[C@H](CO)[C@H](O[C@@H]6O[C@H](CO)[C@@H](O)[C@H](O[C@@H]7OC[C@@H](O)[C@H](O)[C@H]7O)[C@H]6O[C@@H]6O[C@H](CO)[C@@H](O)[C@H](O[C@@H]7O[C@H](CO)[C@@H](O)[C@H](O)[C@H]7O)[C@H]6O)[C@H](O)[C@H]5O)[C@H](O)C[C@]4(C)[C@H]3CC[C@]12C. The second-order valence-corrected chi connectivity index (χ2v) is 28.1. The van der Waals surface area contributed by atoms with Gasteiger partial charge in [0.25, 0.3) is 0 Å². The van der Waals surface area contributed by atoms with Gasteiger partial charge in [-0.3, -0.25) is 9.59 Å². The average molecular weight is 1390 g/mol. The third kappa shape index (κ3) is 14.6. The molecule has 0 unspecified atom stereocenters. The number of carbonyl (C=O) groups excluding carboxylic acids is 2. The molecule has 6 aliphatic heterocycles. The molecule has 10 rings (SSSR count). The molecule has 0 aromatic rings. The molecule has 0 amide bonds. The molecule has 20 N–H and O–H groups in total. The van der Waals surface area contributed by atoms with Gasteiger partial charge < -0.3 is 159 Å². The number of aliphatic hydroxyl groups is 20. The Morgan fingerprint density at radius 1 is 0.521 bits per heavy atom. The van der Waals surface area contributed by atoms with E-state index in [0.717, 1.165) is 5.57 Å². The fraction of sp³-hybridized carbons (Fsp3) is 0.903. The number of hydrogen-bond acceptors (Lipinski definition) is 34. The molecule has 0 aromatic carbocycles. The zero-order valence-electron chi connectivity index (χ0n) is 53.6. The molecule has 0 aromatic heterocycles. The van der Waals surface area contributed by atoms with Crippen LogP contribution in [-0.2, 0) is 66.4 Å². The average Bonchev–Trinajstić information content (AvgIpc) is 1.44. The zero-order chi connectivity index (χ0) is 69.9. The molecule has 34 nitrogen and oxygen atoms in total. The van der Waals surface area contributed by atoms with Crippen LogP contribution < -0.4 is 0 Å². The Kier molecular flexibility index (Phi) is 24.8. The third-order valence-corrected chi connectivity index (χ3v) is 22.0. The molecular weight excluding hydrogens is 1290 g/mol. The van der Waals surface area contributed by atoms with Gasteiger partial charge in [-0.15, -0.1) is 0 Å². The monoisotopic (exact) mass is 1390 g/mol. The van der Waals surface area contributed by atoms with Crippen LogP contribution in [0.25, 0.3) is 0 Å². The van der Waals surface area contributed by atoms with Crippen molar-refractivity contribution in [3.8, 4) is 0 Å². The highest BCUT2D eigenvalue weighted by Gasteiger charge is 2.63. The summed E-state index contributed by atoms with van der Waals surface area (Å²) in [7, 11) is 0. The van der Waals surface area contributed by atoms with Crippen LogP contribution in [0.15, 0.2) is 22.8 Å². The first-order valence-corrected chi connectivity index (χ1v) is 33.0. The van der Waals surface area contributed by atoms with Gasteiger partial charge in [-0.05, 0) is 85.5 Å². The van der Waals surface area contributed by atoms with E-state index in [1.54, 1.807) is 6.92 Å². The van der Waals surface area contributed by atoms with Gasteiger partial charge in [0.05, 0.1) is 58.5 Å². The van der Waals surface area contributed by atoms with E-state index in [9.17, 15) is 112 Å². The van der Waals surface area contributed by atoms with Gasteiger partial charge >= 0.3 is 0 Å². The van der Waals surface area contributed by atoms with Crippen LogP contribution in [0, 0.1) is 34.5 Å². The second kappa shape index (κ2) is 31.2. The van der Waals surface area contributed by atoms with Crippen molar-refractivity contribution >= 4 is 11.6 Å². The number of Topliss-reactive ketones (excluding diaryl/α,β-unsaturated/α-hetero) is 2. The van der Waals surface area contributed by atoms with E-state index in [1.807, 2.05) is 13.8 Å². The molecule has 96 heavy (non-hydrogen) atoms. The minimum absolute atomic E-state index is 0.0121. The van der Waals surface area contributed by atoms with Gasteiger partial charge in [-0.2, -0.15) is 0 Å². The van der Waals surface area contributed by atoms with Crippen LogP contribution in [0.4, 0.5) is 0 Å². The molecule has 34 heteroatoms. The maximum atomic E-state index is 14.2. The number of rotatable bonds is 22. The maximum absolute atomic E-state index is 14.2. The van der Waals surface area contributed by atoms with Gasteiger partial charge in [-0.1, -0.05) is 32.4 Å². The first-order chi connectivity index (χ1) is 45.5. The van der Waals surface area contributed by atoms with Crippen molar-refractivity contribution in [1.82, 2.24) is 0 Å². The van der Waals surface area contributed by atoms with E-state index in [1.165, 1.54) is 0 Å². The molecule has 37 atom stereocenters. The Labute approximate surface area is 551 Å². The Balaban J connectivity index is 0.817. The molecule has 3 saturated carbocycles. The molecule has 6 saturated heterocycles. The Morgan fingerprint density at radius 2 is 1.02 bits per heavy atom. The molecule has 9 fully saturated rings. The molecular formula is C62H98O34. The zero-order valence-corrected chi connectivity index (χ0v) is 53.6. The molecule has 4 aliphatic carbocycles. The van der Waals surface area contributed by atoms with E-state index in [2.05, 4.69) is 13.0 Å². The summed E-state index contributed by atoms with van der Waals surface area (Å²) in [5.74, 6) is -0.690. The molecule has 0 spiro atoms. The lowest BCUT2D eigenvalue weighted by atomic mass is 9.47. The highest BCUT2D eigenvalue weighted by molar-refractivity contribution is 6.08. The van der Waals surface area contributed by atoms with Gasteiger partial charge in [0, 0.05) is 18.4 Å². The number of ether oxygens (including phenoxy) is 12. The van der Waals surface area contributed by atoms with Crippen molar-refractivity contribution in [3.63, 3.8) is 0 Å². The van der Waals surface area contributed by atoms with Crippen molar-refractivity contribution in [2.45, 2.75) is 269 Å². The first kappa shape index (κ1) is 76.2. The summed E-state index contributed by atoms with van der Waals surface area (Å²) in [4.78, 5) is 28.1. The van der Waals surface area contributed by atoms with E-state index in [-0.39, 0.29) is 67.5 Å². The summed E-state index contributed by atoms with van der Waals surface area (Å²) >= 11 is 0. The predicted octanol–water partition coefficient (Wildman–Crippen LogP) is -8.66. The van der Waals surface area contributed by atoms with Crippen LogP contribution in [0.1, 0.15) is 79.1 Å². The largest absolute Gasteiger partial charge is 0.394 e. The standard InChI is InChI=1S/C62H98O34/c1-21(19-85-55-47(81)43(77)39(73)32(14-63)88-55)5-8-27(68)22(2)37-28(69)12-26-24-7-6-23-11-31(29(70)13-62(23,4)25(24)9-10-61(26,37)3)87-57-49(83)45(79)51(36(18-67)92-57)93-60-54(53(42(76)35(17-66)91-60)95-56-46(80)38(72)30(71)20-86-56)96-59-50(84)52(41(75)34(16-65)90-59)94-58-48(82)44(78)40(74)33(15-64)89-58/h6,21,24-26,29-36,38-60,63-67,70-84H,5,7-20H2,1-4H3/b37-22-/t21-,24-,25+,26+,29-,30-,31-,32-,33-,34-,35-,36-,38+,39-,40-,41-,42-,43+,44+,45-,46-,47-,48-,49-,50-,51+,52+,53+,54-,55-,56+,57-,58+,59+,60+,61+,62+/m1/s1. The number of ketones is 2. The molecule has 6 heterocycles. The number of carbonyl (C=O) groups is 2. The number of hydrogen-bond donors (Lipinski definition) is 20. The van der Waals surface area contributed by atoms with Gasteiger partial charge in [0.2, 0.25) is 0 Å². The van der Waals surface area contributed by atoms with Crippen molar-refractivity contribution in [2.24, 2.45) is 34.5 Å². The minimum Gasteiger partial charge on any atom is -0.394 e. The minimum atomic E-state index is -2.25.